The molecule has 0 atom stereocenters. The van der Waals surface area contributed by atoms with Gasteiger partial charge in [-0.15, -0.1) is 11.3 Å². The van der Waals surface area contributed by atoms with Gasteiger partial charge in [0, 0.05) is 20.9 Å². The van der Waals surface area contributed by atoms with Crippen molar-refractivity contribution in [1.29, 1.82) is 0 Å². The van der Waals surface area contributed by atoms with E-state index in [1.165, 1.54) is 11.3 Å². The lowest BCUT2D eigenvalue weighted by molar-refractivity contribution is 1.55. The molecule has 1 aromatic heterocycles. The van der Waals surface area contributed by atoms with Crippen LogP contribution in [0.5, 0.6) is 0 Å². The van der Waals surface area contributed by atoms with Gasteiger partial charge in [-0.2, -0.15) is 0 Å². The average Bonchev–Trinajstić information content (AvgIpc) is 2.35. The van der Waals surface area contributed by atoms with Crippen LogP contribution in [0.2, 0.25) is 0 Å². The molecule has 0 aliphatic heterocycles. The third kappa shape index (κ3) is 2.60. The van der Waals surface area contributed by atoms with Crippen LogP contribution >= 0.6 is 11.3 Å². The standard InChI is InChI=1S/C15H14OS/c1-5-9-10-14-12(7-3)15(16)11(6-2)13(8-4)17-14/h5-10H,1-4H2/b10-9-. The minimum absolute atomic E-state index is 0.0626. The Balaban J connectivity index is 3.67. The summed E-state index contributed by atoms with van der Waals surface area (Å²) in [5.41, 5.74) is 1.11. The van der Waals surface area contributed by atoms with Gasteiger partial charge in [-0.3, -0.25) is 4.79 Å². The molecular formula is C15H14OS. The summed E-state index contributed by atoms with van der Waals surface area (Å²) in [6.45, 7) is 14.7. The summed E-state index contributed by atoms with van der Waals surface area (Å²) in [7, 11) is 0. The smallest absolute Gasteiger partial charge is 0.195 e. The molecule has 1 aromatic rings. The van der Waals surface area contributed by atoms with Crippen LogP contribution in [0.3, 0.4) is 0 Å². The molecule has 0 amide bonds. The van der Waals surface area contributed by atoms with Crippen LogP contribution in [-0.4, -0.2) is 0 Å². The van der Waals surface area contributed by atoms with E-state index in [9.17, 15) is 4.79 Å². The molecule has 0 saturated carbocycles. The van der Waals surface area contributed by atoms with E-state index in [4.69, 9.17) is 0 Å². The Hall–Kier alpha value is -1.93. The van der Waals surface area contributed by atoms with Gasteiger partial charge in [0.2, 0.25) is 0 Å². The highest BCUT2D eigenvalue weighted by Crippen LogP contribution is 2.23. The van der Waals surface area contributed by atoms with E-state index in [1.54, 1.807) is 30.4 Å². The van der Waals surface area contributed by atoms with Crippen molar-refractivity contribution in [2.24, 2.45) is 0 Å². The molecule has 0 aliphatic rings. The molecule has 86 valence electrons. The van der Waals surface area contributed by atoms with Crippen LogP contribution < -0.4 is 5.43 Å². The average molecular weight is 242 g/mol. The van der Waals surface area contributed by atoms with E-state index in [1.807, 2.05) is 6.08 Å². The summed E-state index contributed by atoms with van der Waals surface area (Å²) in [6.07, 6.45) is 10.1. The molecule has 0 bridgehead atoms. The Morgan fingerprint density at radius 3 is 1.94 bits per heavy atom. The second-order valence-corrected chi connectivity index (χ2v) is 4.28. The molecule has 1 heterocycles. The monoisotopic (exact) mass is 242 g/mol. The summed E-state index contributed by atoms with van der Waals surface area (Å²) in [6, 6.07) is 0. The lowest BCUT2D eigenvalue weighted by atomic mass is 10.1. The van der Waals surface area contributed by atoms with Crippen molar-refractivity contribution in [3.05, 3.63) is 69.6 Å². The highest BCUT2D eigenvalue weighted by Gasteiger charge is 2.09. The van der Waals surface area contributed by atoms with Crippen LogP contribution in [-0.2, 0) is 0 Å². The molecule has 17 heavy (non-hydrogen) atoms. The van der Waals surface area contributed by atoms with E-state index in [0.717, 1.165) is 9.75 Å². The van der Waals surface area contributed by atoms with E-state index in [0.29, 0.717) is 11.1 Å². The summed E-state index contributed by atoms with van der Waals surface area (Å²) in [5, 5.41) is 0. The minimum atomic E-state index is -0.0626. The van der Waals surface area contributed by atoms with Crippen molar-refractivity contribution >= 4 is 35.6 Å². The zero-order valence-electron chi connectivity index (χ0n) is 9.61. The largest absolute Gasteiger partial charge is 0.289 e. The summed E-state index contributed by atoms with van der Waals surface area (Å²) < 4.78 is 0. The number of hydrogen-bond acceptors (Lipinski definition) is 2. The Bertz CT molecular complexity index is 559. The van der Waals surface area contributed by atoms with Gasteiger partial charge in [0.25, 0.3) is 0 Å². The Labute approximate surface area is 105 Å². The van der Waals surface area contributed by atoms with Gasteiger partial charge in [-0.25, -0.2) is 0 Å². The lowest BCUT2D eigenvalue weighted by Crippen LogP contribution is -2.10. The summed E-state index contributed by atoms with van der Waals surface area (Å²) in [4.78, 5) is 13.8. The van der Waals surface area contributed by atoms with Gasteiger partial charge in [0.15, 0.2) is 5.43 Å². The molecule has 0 aliphatic carbocycles. The number of rotatable bonds is 5. The van der Waals surface area contributed by atoms with E-state index in [-0.39, 0.29) is 5.43 Å². The van der Waals surface area contributed by atoms with Gasteiger partial charge in [-0.1, -0.05) is 56.7 Å². The van der Waals surface area contributed by atoms with Crippen molar-refractivity contribution in [3.8, 4) is 0 Å². The molecule has 0 fully saturated rings. The molecule has 2 heteroatoms. The maximum Gasteiger partial charge on any atom is 0.195 e. The quantitative estimate of drug-likeness (QED) is 0.706. The fourth-order valence-electron chi connectivity index (χ4n) is 1.41. The first-order valence-corrected chi connectivity index (χ1v) is 5.88. The first-order valence-electron chi connectivity index (χ1n) is 5.07. The van der Waals surface area contributed by atoms with Crippen molar-refractivity contribution in [2.75, 3.05) is 0 Å². The zero-order valence-corrected chi connectivity index (χ0v) is 10.4. The maximum atomic E-state index is 12.2. The van der Waals surface area contributed by atoms with Crippen LogP contribution in [0.25, 0.3) is 24.3 Å². The highest BCUT2D eigenvalue weighted by atomic mass is 32.1. The summed E-state index contributed by atoms with van der Waals surface area (Å²) in [5.74, 6) is 0. The topological polar surface area (TPSA) is 17.1 Å². The van der Waals surface area contributed by atoms with Gasteiger partial charge in [0.05, 0.1) is 0 Å². The second kappa shape index (κ2) is 5.97. The fraction of sp³-hybridized carbons (Fsp3) is 0. The molecular weight excluding hydrogens is 228 g/mol. The fourth-order valence-corrected chi connectivity index (χ4v) is 2.45. The maximum absolute atomic E-state index is 12.2. The lowest BCUT2D eigenvalue weighted by Gasteiger charge is -2.05. The molecule has 1 nitrogen and oxygen atoms in total. The predicted octanol–water partition coefficient (Wildman–Crippen LogP) is 4.24. The van der Waals surface area contributed by atoms with Crippen LogP contribution in [0.1, 0.15) is 20.9 Å². The Kier molecular flexibility index (Phi) is 4.61. The van der Waals surface area contributed by atoms with Crippen LogP contribution in [0, 0.1) is 0 Å². The molecule has 0 N–H and O–H groups in total. The second-order valence-electron chi connectivity index (χ2n) is 3.19. The third-order valence-corrected chi connectivity index (χ3v) is 3.40. The molecule has 0 saturated heterocycles. The molecule has 0 spiro atoms. The van der Waals surface area contributed by atoms with Crippen LogP contribution in [0.4, 0.5) is 0 Å². The van der Waals surface area contributed by atoms with Crippen molar-refractivity contribution < 1.29 is 0 Å². The first kappa shape index (κ1) is 13.1. The van der Waals surface area contributed by atoms with Crippen molar-refractivity contribution in [2.45, 2.75) is 0 Å². The van der Waals surface area contributed by atoms with E-state index < -0.39 is 0 Å². The van der Waals surface area contributed by atoms with Crippen molar-refractivity contribution in [3.63, 3.8) is 0 Å². The Morgan fingerprint density at radius 1 is 0.882 bits per heavy atom. The first-order chi connectivity index (χ1) is 8.19. The molecule has 1 rings (SSSR count). The third-order valence-electron chi connectivity index (χ3n) is 2.22. The SMILES string of the molecule is C=C/C=C\c1sc(C=C)c(C=C)c(=O)c1C=C. The van der Waals surface area contributed by atoms with Gasteiger partial charge < -0.3 is 0 Å². The molecule has 0 radical (unpaired) electrons. The normalized spacial score (nSPS) is 10.1. The van der Waals surface area contributed by atoms with Crippen LogP contribution in [0.15, 0.2) is 43.3 Å². The van der Waals surface area contributed by atoms with Gasteiger partial charge in [0.1, 0.15) is 0 Å². The van der Waals surface area contributed by atoms with E-state index >= 15 is 0 Å². The van der Waals surface area contributed by atoms with Gasteiger partial charge in [-0.05, 0) is 6.08 Å². The number of hydrogen-bond donors (Lipinski definition) is 0. The van der Waals surface area contributed by atoms with Crippen molar-refractivity contribution in [1.82, 2.24) is 0 Å². The Morgan fingerprint density at radius 2 is 1.47 bits per heavy atom. The zero-order chi connectivity index (χ0) is 12.8. The number of allylic oxidation sites excluding steroid dienone is 2. The van der Waals surface area contributed by atoms with E-state index in [2.05, 4.69) is 26.3 Å². The van der Waals surface area contributed by atoms with Gasteiger partial charge >= 0.3 is 0 Å². The molecule has 0 unspecified atom stereocenters. The molecule has 0 aromatic carbocycles. The summed E-state index contributed by atoms with van der Waals surface area (Å²) >= 11 is 1.48. The highest BCUT2D eigenvalue weighted by molar-refractivity contribution is 7.13. The predicted molar refractivity (Wildman–Crippen MR) is 80.1 cm³/mol. The minimum Gasteiger partial charge on any atom is -0.289 e.